The molecule has 0 bridgehead atoms. The SMILES string of the molecule is COC(=O)C(=O)C1=C(c2ccccc2)NC(=S)N[C@@H]1c1cccc(F)c1. The number of ketones is 1. The predicted molar refractivity (Wildman–Crippen MR) is 98.4 cm³/mol. The Hall–Kier alpha value is -3.06. The summed E-state index contributed by atoms with van der Waals surface area (Å²) in [5, 5.41) is 6.13. The van der Waals surface area contributed by atoms with Crippen molar-refractivity contribution >= 4 is 34.8 Å². The number of benzene rings is 2. The van der Waals surface area contributed by atoms with Crippen molar-refractivity contribution in [2.45, 2.75) is 6.04 Å². The minimum Gasteiger partial charge on any atom is -0.463 e. The van der Waals surface area contributed by atoms with Gasteiger partial charge in [-0.15, -0.1) is 0 Å². The summed E-state index contributed by atoms with van der Waals surface area (Å²) in [5.74, 6) is -2.30. The molecule has 7 heteroatoms. The van der Waals surface area contributed by atoms with Crippen LogP contribution in [0.15, 0.2) is 60.2 Å². The first-order chi connectivity index (χ1) is 12.5. The zero-order valence-electron chi connectivity index (χ0n) is 13.8. The largest absolute Gasteiger partial charge is 0.463 e. The molecule has 0 saturated heterocycles. The Labute approximate surface area is 154 Å². The number of ether oxygens (including phenoxy) is 1. The average molecular weight is 370 g/mol. The maximum absolute atomic E-state index is 13.7. The van der Waals surface area contributed by atoms with Gasteiger partial charge in [-0.05, 0) is 35.5 Å². The molecule has 1 aliphatic heterocycles. The lowest BCUT2D eigenvalue weighted by Crippen LogP contribution is -2.46. The summed E-state index contributed by atoms with van der Waals surface area (Å²) in [6.07, 6.45) is 0. The van der Waals surface area contributed by atoms with Gasteiger partial charge < -0.3 is 15.4 Å². The fraction of sp³-hybridized carbons (Fsp3) is 0.105. The first-order valence-corrected chi connectivity index (χ1v) is 8.17. The van der Waals surface area contributed by atoms with Crippen molar-refractivity contribution in [3.63, 3.8) is 0 Å². The maximum atomic E-state index is 13.7. The van der Waals surface area contributed by atoms with Crippen LogP contribution in [0.2, 0.25) is 0 Å². The zero-order valence-corrected chi connectivity index (χ0v) is 14.6. The Morgan fingerprint density at radius 3 is 2.50 bits per heavy atom. The Kier molecular flexibility index (Phi) is 5.09. The van der Waals surface area contributed by atoms with Crippen LogP contribution in [0.4, 0.5) is 4.39 Å². The lowest BCUT2D eigenvalue weighted by Gasteiger charge is -2.31. The number of carbonyl (C=O) groups is 2. The molecule has 2 aromatic carbocycles. The van der Waals surface area contributed by atoms with Crippen molar-refractivity contribution in [1.82, 2.24) is 10.6 Å². The van der Waals surface area contributed by atoms with E-state index < -0.39 is 23.6 Å². The molecule has 132 valence electrons. The second kappa shape index (κ2) is 7.45. The van der Waals surface area contributed by atoms with E-state index in [-0.39, 0.29) is 10.7 Å². The highest BCUT2D eigenvalue weighted by Crippen LogP contribution is 2.32. The molecular formula is C19H15FN2O3S. The third kappa shape index (κ3) is 3.48. The number of esters is 1. The van der Waals surface area contributed by atoms with Crippen LogP contribution in [0.25, 0.3) is 5.70 Å². The van der Waals surface area contributed by atoms with E-state index in [0.29, 0.717) is 16.8 Å². The van der Waals surface area contributed by atoms with Gasteiger partial charge in [0.15, 0.2) is 5.11 Å². The quantitative estimate of drug-likeness (QED) is 0.490. The molecule has 0 aliphatic carbocycles. The second-order valence-electron chi connectivity index (χ2n) is 5.56. The van der Waals surface area contributed by atoms with Crippen molar-refractivity contribution in [3.05, 3.63) is 77.1 Å². The van der Waals surface area contributed by atoms with Crippen LogP contribution in [-0.4, -0.2) is 24.0 Å². The molecule has 3 rings (SSSR count). The van der Waals surface area contributed by atoms with Gasteiger partial charge in [-0.1, -0.05) is 42.5 Å². The molecule has 1 heterocycles. The van der Waals surface area contributed by atoms with Gasteiger partial charge >= 0.3 is 5.97 Å². The van der Waals surface area contributed by atoms with Crippen molar-refractivity contribution < 1.29 is 18.7 Å². The molecule has 0 aromatic heterocycles. The van der Waals surface area contributed by atoms with Gasteiger partial charge in [0.1, 0.15) is 5.82 Å². The van der Waals surface area contributed by atoms with Crippen molar-refractivity contribution in [1.29, 1.82) is 0 Å². The molecule has 1 aliphatic rings. The molecule has 0 fully saturated rings. The summed E-state index contributed by atoms with van der Waals surface area (Å²) in [7, 11) is 1.13. The second-order valence-corrected chi connectivity index (χ2v) is 5.97. The van der Waals surface area contributed by atoms with E-state index in [0.717, 1.165) is 7.11 Å². The van der Waals surface area contributed by atoms with Gasteiger partial charge in [0.25, 0.3) is 5.78 Å². The molecule has 2 N–H and O–H groups in total. The third-order valence-corrected chi connectivity index (χ3v) is 4.15. The number of hydrogen-bond donors (Lipinski definition) is 2. The minimum absolute atomic E-state index is 0.113. The van der Waals surface area contributed by atoms with E-state index in [1.54, 1.807) is 30.3 Å². The number of halogens is 1. The normalized spacial score (nSPS) is 16.5. The summed E-state index contributed by atoms with van der Waals surface area (Å²) in [6.45, 7) is 0. The summed E-state index contributed by atoms with van der Waals surface area (Å²) < 4.78 is 18.3. The molecule has 0 spiro atoms. The van der Waals surface area contributed by atoms with E-state index in [2.05, 4.69) is 15.4 Å². The molecular weight excluding hydrogens is 355 g/mol. The minimum atomic E-state index is -1.01. The van der Waals surface area contributed by atoms with E-state index >= 15 is 0 Å². The number of carbonyl (C=O) groups excluding carboxylic acids is 2. The van der Waals surface area contributed by atoms with E-state index in [9.17, 15) is 14.0 Å². The Morgan fingerprint density at radius 2 is 1.85 bits per heavy atom. The number of thiocarbonyl (C=S) groups is 1. The fourth-order valence-electron chi connectivity index (χ4n) is 2.78. The maximum Gasteiger partial charge on any atom is 0.379 e. The van der Waals surface area contributed by atoms with Crippen molar-refractivity contribution in [2.24, 2.45) is 0 Å². The lowest BCUT2D eigenvalue weighted by molar-refractivity contribution is -0.150. The Bertz CT molecular complexity index is 912. The van der Waals surface area contributed by atoms with E-state index in [1.807, 2.05) is 6.07 Å². The van der Waals surface area contributed by atoms with Gasteiger partial charge in [0, 0.05) is 0 Å². The van der Waals surface area contributed by atoms with E-state index in [1.165, 1.54) is 18.2 Å². The average Bonchev–Trinajstić information content (AvgIpc) is 2.66. The van der Waals surface area contributed by atoms with Crippen LogP contribution in [-0.2, 0) is 14.3 Å². The molecule has 0 unspecified atom stereocenters. The monoisotopic (exact) mass is 370 g/mol. The first kappa shape index (κ1) is 17.8. The van der Waals surface area contributed by atoms with Gasteiger partial charge in [-0.25, -0.2) is 9.18 Å². The van der Waals surface area contributed by atoms with Crippen LogP contribution in [0, 0.1) is 5.82 Å². The zero-order chi connectivity index (χ0) is 18.7. The number of rotatable bonds is 4. The molecule has 2 aromatic rings. The molecule has 0 radical (unpaired) electrons. The summed E-state index contributed by atoms with van der Waals surface area (Å²) in [4.78, 5) is 24.7. The molecule has 0 amide bonds. The molecule has 1 atom stereocenters. The Morgan fingerprint density at radius 1 is 1.12 bits per heavy atom. The summed E-state index contributed by atoms with van der Waals surface area (Å²) in [6, 6.07) is 14.0. The summed E-state index contributed by atoms with van der Waals surface area (Å²) >= 11 is 5.25. The highest BCUT2D eigenvalue weighted by atomic mass is 32.1. The van der Waals surface area contributed by atoms with Crippen molar-refractivity contribution in [2.75, 3.05) is 7.11 Å². The number of methoxy groups -OCH3 is 1. The van der Waals surface area contributed by atoms with Gasteiger partial charge in [-0.2, -0.15) is 0 Å². The summed E-state index contributed by atoms with van der Waals surface area (Å²) in [5.41, 5.74) is 1.64. The van der Waals surface area contributed by atoms with Crippen LogP contribution < -0.4 is 10.6 Å². The van der Waals surface area contributed by atoms with Gasteiger partial charge in [0.2, 0.25) is 0 Å². The van der Waals surface area contributed by atoms with Gasteiger partial charge in [0.05, 0.1) is 24.4 Å². The van der Waals surface area contributed by atoms with Gasteiger partial charge in [-0.3, -0.25) is 4.79 Å². The molecule has 0 saturated carbocycles. The third-order valence-electron chi connectivity index (χ3n) is 3.93. The topological polar surface area (TPSA) is 67.4 Å². The lowest BCUT2D eigenvalue weighted by atomic mass is 9.90. The van der Waals surface area contributed by atoms with Crippen molar-refractivity contribution in [3.8, 4) is 0 Å². The van der Waals surface area contributed by atoms with Crippen LogP contribution in [0.5, 0.6) is 0 Å². The first-order valence-electron chi connectivity index (χ1n) is 7.76. The standard InChI is InChI=1S/C19H15FN2O3S/c1-25-18(24)17(23)14-15(11-6-3-2-4-7-11)21-19(26)22-16(14)12-8-5-9-13(20)10-12/h2-10,16H,1H3,(H2,21,22,26)/t16-/m1/s1. The highest BCUT2D eigenvalue weighted by molar-refractivity contribution is 7.80. The van der Waals surface area contributed by atoms with Crippen LogP contribution >= 0.6 is 12.2 Å². The fourth-order valence-corrected chi connectivity index (χ4v) is 3.00. The number of nitrogens with one attached hydrogen (secondary N) is 2. The van der Waals surface area contributed by atoms with E-state index in [4.69, 9.17) is 12.2 Å². The predicted octanol–water partition coefficient (Wildman–Crippen LogP) is 2.50. The molecule has 26 heavy (non-hydrogen) atoms. The smallest absolute Gasteiger partial charge is 0.379 e. The van der Waals surface area contributed by atoms with Crippen LogP contribution in [0.3, 0.4) is 0 Å². The highest BCUT2D eigenvalue weighted by Gasteiger charge is 2.35. The van der Waals surface area contributed by atoms with Crippen LogP contribution in [0.1, 0.15) is 17.2 Å². The molecule has 5 nitrogen and oxygen atoms in total. The Balaban J connectivity index is 2.23. The number of Topliss-reactive ketones (excluding diaryl/α,β-unsaturated/α-hetero) is 1. The number of hydrogen-bond acceptors (Lipinski definition) is 4.